The van der Waals surface area contributed by atoms with Crippen LogP contribution in [0, 0.1) is 22.2 Å². The zero-order chi connectivity index (χ0) is 38.1. The number of nitrogens with one attached hydrogen (secondary N) is 2. The SMILES string of the molecule is CC1(C)[C@H](NC(=O)c2ccc(N3CCC(N4Cc5cc6c(cc5C4)C(=O)N(C4CCC(=O)NC4=O)C6)CC3)cc2)C(C)(C)[C@H]1Oc1ccc(C#N)c(Cl)c1. The molecule has 4 aliphatic heterocycles. The van der Waals surface area contributed by atoms with Crippen molar-refractivity contribution in [3.63, 3.8) is 0 Å². The van der Waals surface area contributed by atoms with Crippen LogP contribution in [-0.2, 0) is 29.2 Å². The Kier molecular flexibility index (Phi) is 8.97. The Morgan fingerprint density at radius 2 is 1.59 bits per heavy atom. The summed E-state index contributed by atoms with van der Waals surface area (Å²) in [7, 11) is 0. The number of hydrogen-bond acceptors (Lipinski definition) is 8. The van der Waals surface area contributed by atoms with Crippen LogP contribution < -0.4 is 20.3 Å². The van der Waals surface area contributed by atoms with E-state index < -0.39 is 6.04 Å². The molecule has 2 N–H and O–H groups in total. The molecule has 0 bridgehead atoms. The smallest absolute Gasteiger partial charge is 0.255 e. The normalized spacial score (nSPS) is 24.7. The number of imide groups is 1. The van der Waals surface area contributed by atoms with Crippen LogP contribution in [0.15, 0.2) is 54.6 Å². The van der Waals surface area contributed by atoms with Crippen molar-refractivity contribution in [1.82, 2.24) is 20.4 Å². The van der Waals surface area contributed by atoms with Crippen molar-refractivity contribution in [2.24, 2.45) is 10.8 Å². The highest BCUT2D eigenvalue weighted by molar-refractivity contribution is 6.31. The van der Waals surface area contributed by atoms with Gasteiger partial charge in [0, 0.05) is 84.9 Å². The largest absolute Gasteiger partial charge is 0.489 e. The first-order valence-corrected chi connectivity index (χ1v) is 19.2. The van der Waals surface area contributed by atoms with Crippen LogP contribution in [0.25, 0.3) is 0 Å². The van der Waals surface area contributed by atoms with Crippen LogP contribution in [0.2, 0.25) is 5.02 Å². The van der Waals surface area contributed by atoms with Gasteiger partial charge in [-0.2, -0.15) is 5.26 Å². The summed E-state index contributed by atoms with van der Waals surface area (Å²) in [5.41, 5.74) is 5.48. The number of halogens is 1. The molecule has 0 spiro atoms. The number of rotatable bonds is 7. The predicted molar refractivity (Wildman–Crippen MR) is 203 cm³/mol. The minimum Gasteiger partial charge on any atom is -0.489 e. The average Bonchev–Trinajstić information content (AvgIpc) is 3.71. The number of ether oxygens (including phenoxy) is 1. The lowest BCUT2D eigenvalue weighted by atomic mass is 9.49. The monoisotopic (exact) mass is 748 g/mol. The fourth-order valence-corrected chi connectivity index (χ4v) is 10.1. The number of amides is 4. The molecule has 11 nitrogen and oxygen atoms in total. The Labute approximate surface area is 320 Å². The van der Waals surface area contributed by atoms with E-state index in [9.17, 15) is 24.4 Å². The number of nitrogens with zero attached hydrogens (tertiary/aromatic N) is 4. The fourth-order valence-electron chi connectivity index (χ4n) is 9.88. The lowest BCUT2D eigenvalue weighted by Gasteiger charge is -2.63. The average molecular weight is 749 g/mol. The van der Waals surface area contributed by atoms with Crippen LogP contribution in [0.1, 0.15) is 96.3 Å². The first kappa shape index (κ1) is 36.1. The summed E-state index contributed by atoms with van der Waals surface area (Å²) < 4.78 is 6.38. The molecular weight excluding hydrogens is 704 g/mol. The van der Waals surface area contributed by atoms with Crippen molar-refractivity contribution < 1.29 is 23.9 Å². The van der Waals surface area contributed by atoms with Crippen molar-refractivity contribution in [2.45, 2.75) is 97.2 Å². The van der Waals surface area contributed by atoms with Crippen molar-refractivity contribution in [1.29, 1.82) is 5.26 Å². The summed E-state index contributed by atoms with van der Waals surface area (Å²) >= 11 is 6.25. The number of carbonyl (C=O) groups excluding carboxylic acids is 4. The molecule has 12 heteroatoms. The molecule has 4 heterocycles. The van der Waals surface area contributed by atoms with E-state index in [2.05, 4.69) is 60.3 Å². The Morgan fingerprint density at radius 1 is 0.907 bits per heavy atom. The maximum Gasteiger partial charge on any atom is 0.255 e. The third kappa shape index (κ3) is 6.19. The van der Waals surface area contributed by atoms with Crippen LogP contribution in [0.3, 0.4) is 0 Å². The summed E-state index contributed by atoms with van der Waals surface area (Å²) in [6.45, 7) is 12.2. The van der Waals surface area contributed by atoms with Crippen molar-refractivity contribution in [2.75, 3.05) is 18.0 Å². The number of anilines is 1. The van der Waals surface area contributed by atoms with Gasteiger partial charge in [0.25, 0.3) is 11.8 Å². The highest BCUT2D eigenvalue weighted by Crippen LogP contribution is 2.55. The zero-order valence-corrected chi connectivity index (χ0v) is 31.8. The van der Waals surface area contributed by atoms with Crippen LogP contribution in [0.4, 0.5) is 5.69 Å². The molecule has 1 unspecified atom stereocenters. The maximum absolute atomic E-state index is 13.5. The number of piperidine rings is 2. The molecule has 4 amide bonds. The molecule has 3 fully saturated rings. The molecule has 1 aliphatic carbocycles. The Morgan fingerprint density at radius 3 is 2.24 bits per heavy atom. The van der Waals surface area contributed by atoms with Gasteiger partial charge in [0.15, 0.2) is 0 Å². The second-order valence-electron chi connectivity index (χ2n) is 16.6. The van der Waals surface area contributed by atoms with Gasteiger partial charge in [-0.3, -0.25) is 29.4 Å². The van der Waals surface area contributed by atoms with E-state index in [1.54, 1.807) is 23.1 Å². The van der Waals surface area contributed by atoms with E-state index in [1.165, 1.54) is 11.1 Å². The van der Waals surface area contributed by atoms with Crippen LogP contribution in [0.5, 0.6) is 5.75 Å². The molecular formula is C42H45ClN6O5. The quantitative estimate of drug-likeness (QED) is 0.300. The van der Waals surface area contributed by atoms with Crippen molar-refractivity contribution >= 4 is 40.9 Å². The summed E-state index contributed by atoms with van der Waals surface area (Å²) in [5, 5.41) is 15.2. The van der Waals surface area contributed by atoms with E-state index in [1.807, 2.05) is 30.3 Å². The molecule has 2 saturated heterocycles. The molecule has 0 radical (unpaired) electrons. The molecule has 3 aromatic rings. The molecule has 54 heavy (non-hydrogen) atoms. The molecule has 8 rings (SSSR count). The van der Waals surface area contributed by atoms with E-state index in [0.29, 0.717) is 46.5 Å². The van der Waals surface area contributed by atoms with Crippen LogP contribution in [-0.4, -0.2) is 70.7 Å². The number of nitriles is 1. The van der Waals surface area contributed by atoms with E-state index in [4.69, 9.17) is 16.3 Å². The minimum absolute atomic E-state index is 0.115. The van der Waals surface area contributed by atoms with E-state index in [-0.39, 0.29) is 53.0 Å². The topological polar surface area (TPSA) is 135 Å². The third-order valence-corrected chi connectivity index (χ3v) is 12.8. The minimum atomic E-state index is -0.600. The van der Waals surface area contributed by atoms with Gasteiger partial charge in [-0.05, 0) is 78.4 Å². The Bertz CT molecular complexity index is 2080. The summed E-state index contributed by atoms with van der Waals surface area (Å²) in [6.07, 6.45) is 2.47. The number of carbonyl (C=O) groups is 4. The first-order chi connectivity index (χ1) is 25.7. The van der Waals surface area contributed by atoms with Crippen LogP contribution >= 0.6 is 11.6 Å². The highest BCUT2D eigenvalue weighted by Gasteiger charge is 2.64. The molecule has 0 aromatic heterocycles. The summed E-state index contributed by atoms with van der Waals surface area (Å²) in [5.74, 6) is -0.306. The summed E-state index contributed by atoms with van der Waals surface area (Å²) in [6, 6.07) is 18.9. The second-order valence-corrected chi connectivity index (χ2v) is 17.1. The molecule has 1 atom stereocenters. The van der Waals surface area contributed by atoms with Gasteiger partial charge < -0.3 is 19.9 Å². The lowest BCUT2D eigenvalue weighted by molar-refractivity contribution is -0.164. The van der Waals surface area contributed by atoms with E-state index in [0.717, 1.165) is 50.3 Å². The van der Waals surface area contributed by atoms with E-state index >= 15 is 0 Å². The molecule has 1 saturated carbocycles. The predicted octanol–water partition coefficient (Wildman–Crippen LogP) is 5.57. The standard InChI is InChI=1S/C42H45ClN6O5/c1-41(2)39(42(3,4)40(41)54-31-10-7-25(20-44)33(43)19-31)46-36(51)24-5-8-29(9-6-24)47-15-13-30(14-16-47)48-21-26-17-28-23-49(34-11-12-35(50)45-37(34)52)38(53)32(28)18-27(26)22-48/h5-10,17-19,30,34,39-40H,11-16,21-23H2,1-4H3,(H,46,51)(H,45,50,52)/t34?,39-,40-. The zero-order valence-electron chi connectivity index (χ0n) is 31.1. The van der Waals surface area contributed by atoms with Gasteiger partial charge in [0.2, 0.25) is 11.8 Å². The Hall–Kier alpha value is -4.92. The van der Waals surface area contributed by atoms with Crippen molar-refractivity contribution in [3.8, 4) is 11.8 Å². The summed E-state index contributed by atoms with van der Waals surface area (Å²) in [4.78, 5) is 57.5. The molecule has 5 aliphatic rings. The lowest BCUT2D eigenvalue weighted by Crippen LogP contribution is -2.74. The fraction of sp³-hybridized carbons (Fsp3) is 0.452. The number of hydrogen-bond donors (Lipinski definition) is 2. The van der Waals surface area contributed by atoms with Crippen molar-refractivity contribution in [3.05, 3.63) is 93.0 Å². The van der Waals surface area contributed by atoms with Gasteiger partial charge in [-0.15, -0.1) is 0 Å². The third-order valence-electron chi connectivity index (χ3n) is 12.5. The number of fused-ring (bicyclic) bond motifs is 2. The molecule has 280 valence electrons. The van der Waals surface area contributed by atoms with Gasteiger partial charge in [-0.1, -0.05) is 45.4 Å². The van der Waals surface area contributed by atoms with Gasteiger partial charge in [0.1, 0.15) is 24.0 Å². The second kappa shape index (κ2) is 13.4. The first-order valence-electron chi connectivity index (χ1n) is 18.8. The maximum atomic E-state index is 13.5. The number of benzene rings is 3. The van der Waals surface area contributed by atoms with Gasteiger partial charge >= 0.3 is 0 Å². The Balaban J connectivity index is 0.836. The molecule has 3 aromatic carbocycles. The highest BCUT2D eigenvalue weighted by atomic mass is 35.5. The van der Waals surface area contributed by atoms with Gasteiger partial charge in [0.05, 0.1) is 10.6 Å². The van der Waals surface area contributed by atoms with Gasteiger partial charge in [-0.25, -0.2) is 0 Å².